The molecule has 0 amide bonds. The summed E-state index contributed by atoms with van der Waals surface area (Å²) in [6, 6.07) is 0. The number of hydrogen-bond acceptors (Lipinski definition) is 3. The molecule has 0 aromatic rings. The molecule has 3 nitrogen and oxygen atoms in total. The van der Waals surface area contributed by atoms with Crippen molar-refractivity contribution in [2.75, 3.05) is 7.11 Å². The van der Waals surface area contributed by atoms with Crippen molar-refractivity contribution in [3.63, 3.8) is 0 Å². The molecule has 5 aliphatic rings. The van der Waals surface area contributed by atoms with Gasteiger partial charge in [0.15, 0.2) is 5.78 Å². The first kappa shape index (κ1) is 7.55. The number of fused-ring (bicyclic) bond motifs is 2. The van der Waals surface area contributed by atoms with Crippen LogP contribution in [0.15, 0.2) is 0 Å². The van der Waals surface area contributed by atoms with Crippen LogP contribution in [0.1, 0.15) is 6.92 Å². The second-order valence-electron chi connectivity index (χ2n) is 6.17. The van der Waals surface area contributed by atoms with Gasteiger partial charge in [0.2, 0.25) is 0 Å². The number of ether oxygens (including phenoxy) is 1. The Kier molecular flexibility index (Phi) is 0.769. The van der Waals surface area contributed by atoms with Crippen LogP contribution in [0, 0.1) is 40.9 Å². The molecule has 0 heterocycles. The lowest BCUT2D eigenvalue weighted by Gasteiger charge is -2.68. The van der Waals surface area contributed by atoms with Gasteiger partial charge in [-0.05, 0) is 17.8 Å². The normalized spacial score (nSPS) is 75.1. The van der Waals surface area contributed by atoms with Crippen molar-refractivity contribution in [1.29, 1.82) is 0 Å². The van der Waals surface area contributed by atoms with Gasteiger partial charge in [0, 0.05) is 24.4 Å². The third-order valence-electron chi connectivity index (χ3n) is 6.54. The third kappa shape index (κ3) is 0.344. The Balaban J connectivity index is 1.86. The third-order valence-corrected chi connectivity index (χ3v) is 6.54. The molecule has 5 rings (SSSR count). The fourth-order valence-corrected chi connectivity index (χ4v) is 6.27. The highest BCUT2D eigenvalue weighted by Gasteiger charge is 3.00. The van der Waals surface area contributed by atoms with E-state index in [1.807, 2.05) is 6.92 Å². The largest absolute Gasteiger partial charge is 0.369 e. The minimum absolute atomic E-state index is 0.0231. The van der Waals surface area contributed by atoms with Gasteiger partial charge in [0.05, 0.1) is 5.92 Å². The standard InChI is InChI=1S/C12H12O3/c1-11-5-3-6-4(5)8(9(11)13)12(6,15-2)10(14)7(3)11/h3-8H,1-2H3/t3-,4-,5+,6+,7+,8+,11+,12-/m0/s1. The van der Waals surface area contributed by atoms with Crippen LogP contribution in [0.5, 0.6) is 0 Å². The number of Topliss-reactive ketones (excluding diaryl/α,β-unsaturated/α-hetero) is 2. The molecule has 0 saturated heterocycles. The number of methoxy groups -OCH3 is 1. The molecule has 5 saturated carbocycles. The SMILES string of the molecule is CO[C@@]12C(=O)[C@H]3[C@H]4[C@@H]5[C@@H]([C@@H]41)[C@@H]2C(=O)[C@]53C. The zero-order valence-electron chi connectivity index (χ0n) is 8.69. The van der Waals surface area contributed by atoms with Crippen molar-refractivity contribution in [2.24, 2.45) is 40.9 Å². The van der Waals surface area contributed by atoms with Gasteiger partial charge in [-0.1, -0.05) is 6.92 Å². The summed E-state index contributed by atoms with van der Waals surface area (Å²) in [4.78, 5) is 24.6. The number of carbonyl (C=O) groups is 2. The predicted molar refractivity (Wildman–Crippen MR) is 48.8 cm³/mol. The molecular formula is C12H12O3. The summed E-state index contributed by atoms with van der Waals surface area (Å²) in [6.07, 6.45) is 0. The maximum Gasteiger partial charge on any atom is 0.170 e. The zero-order chi connectivity index (χ0) is 10.3. The van der Waals surface area contributed by atoms with Crippen molar-refractivity contribution < 1.29 is 14.3 Å². The number of hydrogen-bond donors (Lipinski definition) is 0. The molecular weight excluding hydrogens is 192 g/mol. The quantitative estimate of drug-likeness (QED) is 0.616. The monoisotopic (exact) mass is 204 g/mol. The molecule has 0 radical (unpaired) electrons. The van der Waals surface area contributed by atoms with E-state index in [-0.39, 0.29) is 23.0 Å². The molecule has 0 aliphatic heterocycles. The van der Waals surface area contributed by atoms with Gasteiger partial charge in [0.1, 0.15) is 11.4 Å². The van der Waals surface area contributed by atoms with E-state index in [0.29, 0.717) is 29.5 Å². The Bertz CT molecular complexity index is 463. The Labute approximate surface area is 87.2 Å². The average Bonchev–Trinajstić information content (AvgIpc) is 2.41. The first-order chi connectivity index (χ1) is 7.11. The Morgan fingerprint density at radius 3 is 2.40 bits per heavy atom. The van der Waals surface area contributed by atoms with Gasteiger partial charge in [-0.2, -0.15) is 0 Å². The highest BCUT2D eigenvalue weighted by molar-refractivity contribution is 6.14. The molecule has 0 spiro atoms. The first-order valence-corrected chi connectivity index (χ1v) is 5.75. The van der Waals surface area contributed by atoms with Gasteiger partial charge >= 0.3 is 0 Å². The van der Waals surface area contributed by atoms with Crippen molar-refractivity contribution in [1.82, 2.24) is 0 Å². The van der Waals surface area contributed by atoms with Crippen LogP contribution in [-0.2, 0) is 14.3 Å². The maximum atomic E-state index is 12.3. The second-order valence-corrected chi connectivity index (χ2v) is 6.17. The highest BCUT2D eigenvalue weighted by Crippen LogP contribution is 2.91. The lowest BCUT2D eigenvalue weighted by atomic mass is 9.35. The van der Waals surface area contributed by atoms with Gasteiger partial charge < -0.3 is 4.74 Å². The van der Waals surface area contributed by atoms with Gasteiger partial charge in [-0.15, -0.1) is 0 Å². The van der Waals surface area contributed by atoms with Crippen LogP contribution in [0.4, 0.5) is 0 Å². The number of carbonyl (C=O) groups excluding carboxylic acids is 2. The van der Waals surface area contributed by atoms with Gasteiger partial charge in [-0.3, -0.25) is 9.59 Å². The zero-order valence-corrected chi connectivity index (χ0v) is 8.69. The molecule has 0 aromatic heterocycles. The van der Waals surface area contributed by atoms with E-state index in [0.717, 1.165) is 0 Å². The van der Waals surface area contributed by atoms with E-state index in [2.05, 4.69) is 0 Å². The second kappa shape index (κ2) is 1.53. The Hall–Kier alpha value is -0.700. The maximum absolute atomic E-state index is 12.3. The summed E-state index contributed by atoms with van der Waals surface area (Å²) in [7, 11) is 1.61. The minimum atomic E-state index is -0.649. The van der Waals surface area contributed by atoms with E-state index in [4.69, 9.17) is 4.74 Å². The van der Waals surface area contributed by atoms with E-state index < -0.39 is 5.60 Å². The molecule has 0 aromatic carbocycles. The highest BCUT2D eigenvalue weighted by atomic mass is 16.5. The van der Waals surface area contributed by atoms with E-state index in [9.17, 15) is 9.59 Å². The number of rotatable bonds is 1. The molecule has 8 atom stereocenters. The van der Waals surface area contributed by atoms with Crippen molar-refractivity contribution in [3.05, 3.63) is 0 Å². The summed E-state index contributed by atoms with van der Waals surface area (Å²) in [6.45, 7) is 2.02. The topological polar surface area (TPSA) is 43.4 Å². The smallest absolute Gasteiger partial charge is 0.170 e. The molecule has 5 aliphatic carbocycles. The Morgan fingerprint density at radius 2 is 1.73 bits per heavy atom. The predicted octanol–water partition coefficient (Wildman–Crippen LogP) is 0.281. The molecule has 3 heteroatoms. The lowest BCUT2D eigenvalue weighted by Crippen LogP contribution is -2.72. The van der Waals surface area contributed by atoms with Gasteiger partial charge in [0.25, 0.3) is 0 Å². The summed E-state index contributed by atoms with van der Waals surface area (Å²) >= 11 is 0. The summed E-state index contributed by atoms with van der Waals surface area (Å²) in [5.41, 5.74) is -0.921. The molecule has 5 fully saturated rings. The van der Waals surface area contributed by atoms with Crippen molar-refractivity contribution >= 4 is 11.6 Å². The molecule has 78 valence electrons. The summed E-state index contributed by atoms with van der Waals surface area (Å²) in [5, 5.41) is 0. The van der Waals surface area contributed by atoms with Crippen molar-refractivity contribution in [2.45, 2.75) is 12.5 Å². The minimum Gasteiger partial charge on any atom is -0.369 e. The molecule has 0 bridgehead atoms. The molecule has 0 unspecified atom stereocenters. The van der Waals surface area contributed by atoms with Crippen LogP contribution in [0.25, 0.3) is 0 Å². The van der Waals surface area contributed by atoms with Crippen LogP contribution >= 0.6 is 0 Å². The van der Waals surface area contributed by atoms with Gasteiger partial charge in [-0.25, -0.2) is 0 Å². The van der Waals surface area contributed by atoms with Crippen LogP contribution in [0.2, 0.25) is 0 Å². The fraction of sp³-hybridized carbons (Fsp3) is 0.833. The van der Waals surface area contributed by atoms with Crippen LogP contribution in [0.3, 0.4) is 0 Å². The molecule has 15 heavy (non-hydrogen) atoms. The average molecular weight is 204 g/mol. The number of ketones is 2. The lowest BCUT2D eigenvalue weighted by molar-refractivity contribution is -0.276. The van der Waals surface area contributed by atoms with E-state index in [1.165, 1.54) is 0 Å². The Morgan fingerprint density at radius 1 is 1.07 bits per heavy atom. The fourth-order valence-electron chi connectivity index (χ4n) is 6.27. The first-order valence-electron chi connectivity index (χ1n) is 5.75. The van der Waals surface area contributed by atoms with Crippen molar-refractivity contribution in [3.8, 4) is 0 Å². The van der Waals surface area contributed by atoms with E-state index >= 15 is 0 Å². The van der Waals surface area contributed by atoms with E-state index in [1.54, 1.807) is 7.11 Å². The summed E-state index contributed by atoms with van der Waals surface area (Å²) < 4.78 is 5.50. The van der Waals surface area contributed by atoms with Crippen LogP contribution < -0.4 is 0 Å². The van der Waals surface area contributed by atoms with Crippen LogP contribution in [-0.4, -0.2) is 24.3 Å². The summed E-state index contributed by atoms with van der Waals surface area (Å²) in [5.74, 6) is 2.53. The molecule has 0 N–H and O–H groups in total.